The molecule has 0 bridgehead atoms. The zero-order chi connectivity index (χ0) is 7.84. The quantitative estimate of drug-likeness (QED) is 0.542. The van der Waals surface area contributed by atoms with Crippen molar-refractivity contribution in [2.45, 2.75) is 6.42 Å². The van der Waals surface area contributed by atoms with Crippen molar-refractivity contribution in [2.75, 3.05) is 20.2 Å². The summed E-state index contributed by atoms with van der Waals surface area (Å²) in [6.07, 6.45) is 1.03. The molecule has 0 amide bonds. The first kappa shape index (κ1) is 7.10. The predicted molar refractivity (Wildman–Crippen MR) is 40.0 cm³/mol. The highest BCUT2D eigenvalue weighted by Crippen LogP contribution is 2.42. The molecule has 1 aliphatic heterocycles. The zero-order valence-electron chi connectivity index (χ0n) is 6.67. The molecule has 1 aliphatic carbocycles. The second kappa shape index (κ2) is 2.48. The maximum absolute atomic E-state index is 11.1. The second-order valence-corrected chi connectivity index (χ2v) is 3.45. The van der Waals surface area contributed by atoms with Gasteiger partial charge in [0.15, 0.2) is 0 Å². The third-order valence-corrected chi connectivity index (χ3v) is 2.97. The van der Waals surface area contributed by atoms with E-state index in [9.17, 15) is 4.79 Å². The van der Waals surface area contributed by atoms with Gasteiger partial charge in [0.25, 0.3) is 0 Å². The van der Waals surface area contributed by atoms with Crippen molar-refractivity contribution < 1.29 is 9.53 Å². The van der Waals surface area contributed by atoms with Gasteiger partial charge in [-0.3, -0.25) is 4.79 Å². The van der Waals surface area contributed by atoms with E-state index in [-0.39, 0.29) is 11.9 Å². The minimum Gasteiger partial charge on any atom is -0.469 e. The van der Waals surface area contributed by atoms with Gasteiger partial charge in [0.2, 0.25) is 0 Å². The number of hydrogen-bond acceptors (Lipinski definition) is 3. The first-order valence-electron chi connectivity index (χ1n) is 4.11. The molecule has 62 valence electrons. The molecule has 1 saturated heterocycles. The molecule has 11 heavy (non-hydrogen) atoms. The Balaban J connectivity index is 1.94. The van der Waals surface area contributed by atoms with Gasteiger partial charge >= 0.3 is 5.97 Å². The molecule has 3 heteroatoms. The normalized spacial score (nSPS) is 41.0. The summed E-state index contributed by atoms with van der Waals surface area (Å²) in [7, 11) is 1.47. The predicted octanol–water partition coefficient (Wildman–Crippen LogP) is 0.0149. The van der Waals surface area contributed by atoms with Crippen LogP contribution in [0.2, 0.25) is 0 Å². The van der Waals surface area contributed by atoms with Crippen molar-refractivity contribution in [3.63, 3.8) is 0 Å². The summed E-state index contributed by atoms with van der Waals surface area (Å²) < 4.78 is 4.70. The van der Waals surface area contributed by atoms with Crippen LogP contribution in [0.15, 0.2) is 0 Å². The largest absolute Gasteiger partial charge is 0.469 e. The Morgan fingerprint density at radius 2 is 2.36 bits per heavy atom. The molecule has 2 aliphatic rings. The number of methoxy groups -OCH3 is 1. The van der Waals surface area contributed by atoms with Crippen molar-refractivity contribution in [1.29, 1.82) is 0 Å². The van der Waals surface area contributed by atoms with Gasteiger partial charge in [0.05, 0.1) is 13.0 Å². The van der Waals surface area contributed by atoms with Crippen LogP contribution in [-0.4, -0.2) is 26.2 Å². The number of fused-ring (bicyclic) bond motifs is 1. The molecule has 0 radical (unpaired) electrons. The lowest BCUT2D eigenvalue weighted by atomic mass is 9.67. The molecule has 3 atom stereocenters. The van der Waals surface area contributed by atoms with Crippen LogP contribution in [-0.2, 0) is 9.53 Å². The minimum atomic E-state index is -0.0186. The lowest BCUT2D eigenvalue weighted by Crippen LogP contribution is -2.41. The summed E-state index contributed by atoms with van der Waals surface area (Å²) in [4.78, 5) is 11.1. The number of hydrogen-bond donors (Lipinski definition) is 1. The van der Waals surface area contributed by atoms with Gasteiger partial charge in [0.1, 0.15) is 0 Å². The van der Waals surface area contributed by atoms with Gasteiger partial charge < -0.3 is 10.1 Å². The Hall–Kier alpha value is -0.570. The van der Waals surface area contributed by atoms with Crippen molar-refractivity contribution in [2.24, 2.45) is 17.8 Å². The van der Waals surface area contributed by atoms with Crippen LogP contribution >= 0.6 is 0 Å². The topological polar surface area (TPSA) is 38.3 Å². The smallest absolute Gasteiger partial charge is 0.309 e. The summed E-state index contributed by atoms with van der Waals surface area (Å²) in [5, 5.41) is 3.29. The van der Waals surface area contributed by atoms with E-state index in [1.807, 2.05) is 0 Å². The lowest BCUT2D eigenvalue weighted by Gasteiger charge is -2.37. The van der Waals surface area contributed by atoms with E-state index in [0.29, 0.717) is 5.92 Å². The van der Waals surface area contributed by atoms with Gasteiger partial charge in [-0.25, -0.2) is 0 Å². The summed E-state index contributed by atoms with van der Waals surface area (Å²) in [5.41, 5.74) is 0. The fourth-order valence-electron chi connectivity index (χ4n) is 2.21. The van der Waals surface area contributed by atoms with E-state index in [2.05, 4.69) is 5.32 Å². The average Bonchev–Trinajstić information content (AvgIpc) is 2.32. The zero-order valence-corrected chi connectivity index (χ0v) is 6.67. The van der Waals surface area contributed by atoms with Crippen LogP contribution in [0.25, 0.3) is 0 Å². The molecular formula is C8H13NO2. The molecule has 3 nitrogen and oxygen atoms in total. The molecular weight excluding hydrogens is 142 g/mol. The Labute approximate surface area is 66.1 Å². The summed E-state index contributed by atoms with van der Waals surface area (Å²) in [5.74, 6) is 1.50. The molecule has 3 unspecified atom stereocenters. The summed E-state index contributed by atoms with van der Waals surface area (Å²) in [6, 6.07) is 0. The van der Waals surface area contributed by atoms with Crippen LogP contribution in [0.5, 0.6) is 0 Å². The summed E-state index contributed by atoms with van der Waals surface area (Å²) in [6.45, 7) is 2.10. The Bertz CT molecular complexity index is 181. The standard InChI is InChI=1S/C8H13NO2/c1-11-8(10)6-2-5-3-9-4-7(5)6/h5-7,9H,2-4H2,1H3. The van der Waals surface area contributed by atoms with Gasteiger partial charge in [-0.05, 0) is 31.3 Å². The van der Waals surface area contributed by atoms with Crippen LogP contribution in [0.4, 0.5) is 0 Å². The fraction of sp³-hybridized carbons (Fsp3) is 0.875. The molecule has 0 aromatic heterocycles. The van der Waals surface area contributed by atoms with Crippen molar-refractivity contribution in [3.05, 3.63) is 0 Å². The van der Waals surface area contributed by atoms with E-state index in [4.69, 9.17) is 4.74 Å². The Kier molecular flexibility index (Phi) is 1.60. The van der Waals surface area contributed by atoms with E-state index in [1.165, 1.54) is 7.11 Å². The number of carbonyl (C=O) groups is 1. The van der Waals surface area contributed by atoms with Crippen LogP contribution in [0.1, 0.15) is 6.42 Å². The molecule has 0 aromatic carbocycles. The molecule has 1 saturated carbocycles. The van der Waals surface area contributed by atoms with E-state index >= 15 is 0 Å². The van der Waals surface area contributed by atoms with Crippen molar-refractivity contribution in [1.82, 2.24) is 5.32 Å². The number of nitrogens with one attached hydrogen (secondary N) is 1. The van der Waals surface area contributed by atoms with E-state index in [0.717, 1.165) is 25.4 Å². The molecule has 1 N–H and O–H groups in total. The highest BCUT2D eigenvalue weighted by atomic mass is 16.5. The monoisotopic (exact) mass is 155 g/mol. The number of carbonyl (C=O) groups excluding carboxylic acids is 1. The summed E-state index contributed by atoms with van der Waals surface area (Å²) >= 11 is 0. The molecule has 1 heterocycles. The van der Waals surface area contributed by atoms with Crippen LogP contribution in [0, 0.1) is 17.8 Å². The van der Waals surface area contributed by atoms with E-state index < -0.39 is 0 Å². The maximum Gasteiger partial charge on any atom is 0.309 e. The first-order valence-corrected chi connectivity index (χ1v) is 4.11. The molecule has 0 spiro atoms. The minimum absolute atomic E-state index is 0.0186. The molecule has 2 rings (SSSR count). The number of ether oxygens (including phenoxy) is 1. The van der Waals surface area contributed by atoms with Gasteiger partial charge in [-0.1, -0.05) is 0 Å². The van der Waals surface area contributed by atoms with Crippen molar-refractivity contribution in [3.8, 4) is 0 Å². The Morgan fingerprint density at radius 3 is 3.00 bits per heavy atom. The highest BCUT2D eigenvalue weighted by Gasteiger charge is 2.47. The Morgan fingerprint density at radius 1 is 1.55 bits per heavy atom. The van der Waals surface area contributed by atoms with Gasteiger partial charge in [-0.15, -0.1) is 0 Å². The van der Waals surface area contributed by atoms with Gasteiger partial charge in [-0.2, -0.15) is 0 Å². The average molecular weight is 155 g/mol. The first-order chi connectivity index (χ1) is 5.33. The lowest BCUT2D eigenvalue weighted by molar-refractivity contribution is -0.153. The third-order valence-electron chi connectivity index (χ3n) is 2.97. The van der Waals surface area contributed by atoms with Crippen LogP contribution in [0.3, 0.4) is 0 Å². The fourth-order valence-corrected chi connectivity index (χ4v) is 2.21. The molecule has 0 aromatic rings. The number of rotatable bonds is 1. The SMILES string of the molecule is COC(=O)C1CC2CNCC21. The third kappa shape index (κ3) is 0.948. The van der Waals surface area contributed by atoms with E-state index in [1.54, 1.807) is 0 Å². The second-order valence-electron chi connectivity index (χ2n) is 3.45. The highest BCUT2D eigenvalue weighted by molar-refractivity contribution is 5.74. The number of esters is 1. The van der Waals surface area contributed by atoms with Crippen molar-refractivity contribution >= 4 is 5.97 Å². The molecule has 2 fully saturated rings. The maximum atomic E-state index is 11.1. The van der Waals surface area contributed by atoms with Crippen LogP contribution < -0.4 is 5.32 Å². The van der Waals surface area contributed by atoms with Gasteiger partial charge in [0, 0.05) is 0 Å².